The van der Waals surface area contributed by atoms with Crippen molar-refractivity contribution in [2.45, 2.75) is 11.5 Å². The van der Waals surface area contributed by atoms with Crippen molar-refractivity contribution in [1.82, 2.24) is 9.78 Å². The number of benzene rings is 2. The number of nitrogens with one attached hydrogen (secondary N) is 1. The molecule has 6 nitrogen and oxygen atoms in total. The number of nitrogens with zero attached hydrogens (tertiary/aromatic N) is 2. The Hall–Kier alpha value is -2.27. The van der Waals surface area contributed by atoms with E-state index < -0.39 is 15.7 Å². The summed E-state index contributed by atoms with van der Waals surface area (Å²) in [6, 6.07) is 12.7. The molecule has 0 saturated carbocycles. The fourth-order valence-corrected chi connectivity index (χ4v) is 5.09. The van der Waals surface area contributed by atoms with Crippen molar-refractivity contribution >= 4 is 44.2 Å². The number of aromatic nitrogens is 2. The summed E-state index contributed by atoms with van der Waals surface area (Å²) < 4.78 is 39.5. The van der Waals surface area contributed by atoms with Crippen LogP contribution in [0.5, 0.6) is 0 Å². The smallest absolute Gasteiger partial charge is 0.257 e. The summed E-state index contributed by atoms with van der Waals surface area (Å²) in [4.78, 5) is 12.8. The molecule has 1 amide bonds. The molecule has 9 heteroatoms. The van der Waals surface area contributed by atoms with Crippen LogP contribution in [0.25, 0.3) is 5.69 Å². The highest BCUT2D eigenvalue weighted by Gasteiger charge is 2.33. The van der Waals surface area contributed by atoms with E-state index in [0.29, 0.717) is 28.3 Å². The molecule has 0 radical (unpaired) electrons. The lowest BCUT2D eigenvalue weighted by Gasteiger charge is -2.12. The van der Waals surface area contributed by atoms with Crippen LogP contribution in [-0.2, 0) is 21.3 Å². The molecule has 27 heavy (non-hydrogen) atoms. The summed E-state index contributed by atoms with van der Waals surface area (Å²) in [7, 11) is -3.29. The average Bonchev–Trinajstić information content (AvgIpc) is 3.09. The molecule has 0 bridgehead atoms. The van der Waals surface area contributed by atoms with Crippen LogP contribution in [0, 0.1) is 9.39 Å². The maximum atomic E-state index is 13.3. The molecule has 0 atom stereocenters. The van der Waals surface area contributed by atoms with Gasteiger partial charge in [-0.3, -0.25) is 4.79 Å². The summed E-state index contributed by atoms with van der Waals surface area (Å²) >= 11 is 2.06. The molecule has 1 aliphatic rings. The van der Waals surface area contributed by atoms with Gasteiger partial charge in [0.15, 0.2) is 9.84 Å². The quantitative estimate of drug-likeness (QED) is 0.564. The van der Waals surface area contributed by atoms with Gasteiger partial charge in [-0.2, -0.15) is 5.10 Å². The van der Waals surface area contributed by atoms with Crippen molar-refractivity contribution < 1.29 is 17.6 Å². The second-order valence-corrected chi connectivity index (χ2v) is 9.35. The zero-order valence-electron chi connectivity index (χ0n) is 13.8. The number of hydrogen-bond acceptors (Lipinski definition) is 4. The predicted molar refractivity (Wildman–Crippen MR) is 107 cm³/mol. The van der Waals surface area contributed by atoms with E-state index in [2.05, 4.69) is 33.0 Å². The van der Waals surface area contributed by atoms with Gasteiger partial charge in [0.1, 0.15) is 11.6 Å². The number of anilines is 1. The van der Waals surface area contributed by atoms with E-state index in [-0.39, 0.29) is 17.4 Å². The van der Waals surface area contributed by atoms with Gasteiger partial charge >= 0.3 is 0 Å². The van der Waals surface area contributed by atoms with E-state index in [4.69, 9.17) is 0 Å². The molecule has 1 N–H and O–H groups in total. The van der Waals surface area contributed by atoms with E-state index in [1.54, 1.807) is 12.1 Å². The SMILES string of the molecule is O=C(Nc1c2c(nn1-c1ccc(F)cc1)CS(=O)(=O)C2)c1ccccc1I. The van der Waals surface area contributed by atoms with Crippen LogP contribution in [0.4, 0.5) is 10.2 Å². The lowest BCUT2D eigenvalue weighted by atomic mass is 10.2. The Kier molecular flexibility index (Phi) is 4.50. The second-order valence-electron chi connectivity index (χ2n) is 6.13. The van der Waals surface area contributed by atoms with E-state index >= 15 is 0 Å². The third-order valence-corrected chi connectivity index (χ3v) is 6.59. The molecule has 2 heterocycles. The van der Waals surface area contributed by atoms with Crippen molar-refractivity contribution in [2.75, 3.05) is 5.32 Å². The zero-order valence-corrected chi connectivity index (χ0v) is 16.8. The molecule has 3 aromatic rings. The Labute approximate surface area is 168 Å². The van der Waals surface area contributed by atoms with Gasteiger partial charge in [0.25, 0.3) is 5.91 Å². The Morgan fingerprint density at radius 2 is 1.81 bits per heavy atom. The number of sulfone groups is 1. The van der Waals surface area contributed by atoms with Gasteiger partial charge in [0, 0.05) is 9.13 Å². The molecule has 1 aliphatic heterocycles. The van der Waals surface area contributed by atoms with Crippen LogP contribution in [0.15, 0.2) is 48.5 Å². The topological polar surface area (TPSA) is 81.1 Å². The summed E-state index contributed by atoms with van der Waals surface area (Å²) in [6.07, 6.45) is 0. The fraction of sp³-hybridized carbons (Fsp3) is 0.111. The number of halogens is 2. The zero-order chi connectivity index (χ0) is 19.2. The normalized spacial score (nSPS) is 14.7. The van der Waals surface area contributed by atoms with Crippen molar-refractivity contribution in [3.63, 3.8) is 0 Å². The summed E-state index contributed by atoms with van der Waals surface area (Å²) in [5.41, 5.74) is 1.87. The molecule has 4 rings (SSSR count). The van der Waals surface area contributed by atoms with E-state index in [1.165, 1.54) is 28.9 Å². The van der Waals surface area contributed by atoms with Gasteiger partial charge in [-0.15, -0.1) is 0 Å². The Morgan fingerprint density at radius 1 is 1.11 bits per heavy atom. The third-order valence-electron chi connectivity index (χ3n) is 4.21. The maximum absolute atomic E-state index is 13.3. The number of fused-ring (bicyclic) bond motifs is 1. The van der Waals surface area contributed by atoms with Gasteiger partial charge in [-0.05, 0) is 59.0 Å². The minimum Gasteiger partial charge on any atom is -0.306 e. The van der Waals surface area contributed by atoms with Gasteiger partial charge in [0.05, 0.1) is 28.5 Å². The van der Waals surface area contributed by atoms with Crippen molar-refractivity contribution in [2.24, 2.45) is 0 Å². The number of amides is 1. The number of carbonyl (C=O) groups is 1. The fourth-order valence-electron chi connectivity index (χ4n) is 2.96. The molecular weight excluding hydrogens is 484 g/mol. The number of carbonyl (C=O) groups excluding carboxylic acids is 1. The number of rotatable bonds is 3. The van der Waals surface area contributed by atoms with Crippen LogP contribution >= 0.6 is 22.6 Å². The summed E-state index contributed by atoms with van der Waals surface area (Å²) in [5.74, 6) is -0.837. The predicted octanol–water partition coefficient (Wildman–Crippen LogP) is 3.30. The summed E-state index contributed by atoms with van der Waals surface area (Å²) in [5, 5.41) is 7.15. The first-order valence-electron chi connectivity index (χ1n) is 7.97. The van der Waals surface area contributed by atoms with Crippen molar-refractivity contribution in [1.29, 1.82) is 0 Å². The minimum absolute atomic E-state index is 0.178. The van der Waals surface area contributed by atoms with E-state index in [0.717, 1.165) is 3.57 Å². The average molecular weight is 497 g/mol. The first-order chi connectivity index (χ1) is 12.8. The number of hydrogen-bond donors (Lipinski definition) is 1. The van der Waals surface area contributed by atoms with Gasteiger partial charge < -0.3 is 5.32 Å². The highest BCUT2D eigenvalue weighted by molar-refractivity contribution is 14.1. The first kappa shape index (κ1) is 18.1. The highest BCUT2D eigenvalue weighted by Crippen LogP contribution is 2.33. The van der Waals surface area contributed by atoms with Gasteiger partial charge in [0.2, 0.25) is 0 Å². The Morgan fingerprint density at radius 3 is 2.52 bits per heavy atom. The molecule has 138 valence electrons. The standard InChI is InChI=1S/C18H13FIN3O3S/c19-11-5-7-12(8-6-11)23-17(14-9-27(25,26)10-16(14)22-23)21-18(24)13-3-1-2-4-15(13)20/h1-8H,9-10H2,(H,21,24). The largest absolute Gasteiger partial charge is 0.306 e. The van der Waals surface area contributed by atoms with Crippen LogP contribution in [-0.4, -0.2) is 24.1 Å². The molecule has 0 saturated heterocycles. The Balaban J connectivity index is 1.80. The lowest BCUT2D eigenvalue weighted by molar-refractivity contribution is 0.102. The highest BCUT2D eigenvalue weighted by atomic mass is 127. The molecule has 0 unspecified atom stereocenters. The maximum Gasteiger partial charge on any atom is 0.257 e. The molecule has 0 fully saturated rings. The Bertz CT molecular complexity index is 1160. The van der Waals surface area contributed by atoms with Crippen molar-refractivity contribution in [3.05, 3.63) is 74.7 Å². The van der Waals surface area contributed by atoms with Crippen LogP contribution in [0.1, 0.15) is 21.6 Å². The first-order valence-corrected chi connectivity index (χ1v) is 10.9. The van der Waals surface area contributed by atoms with E-state index in [9.17, 15) is 17.6 Å². The van der Waals surface area contributed by atoms with Crippen molar-refractivity contribution in [3.8, 4) is 5.69 Å². The van der Waals surface area contributed by atoms with Crippen LogP contribution < -0.4 is 5.32 Å². The van der Waals surface area contributed by atoms with Gasteiger partial charge in [-0.1, -0.05) is 12.1 Å². The monoisotopic (exact) mass is 497 g/mol. The molecule has 1 aromatic heterocycles. The van der Waals surface area contributed by atoms with Gasteiger partial charge in [-0.25, -0.2) is 17.5 Å². The van der Waals surface area contributed by atoms with E-state index in [1.807, 2.05) is 12.1 Å². The molecule has 2 aromatic carbocycles. The molecule has 0 spiro atoms. The molecular formula is C18H13FIN3O3S. The van der Waals surface area contributed by atoms with Crippen LogP contribution in [0.2, 0.25) is 0 Å². The minimum atomic E-state index is -3.29. The summed E-state index contributed by atoms with van der Waals surface area (Å²) in [6.45, 7) is 0. The molecule has 0 aliphatic carbocycles. The second kappa shape index (κ2) is 6.71. The third kappa shape index (κ3) is 3.48. The lowest BCUT2D eigenvalue weighted by Crippen LogP contribution is -2.18. The van der Waals surface area contributed by atoms with Crippen LogP contribution in [0.3, 0.4) is 0 Å².